The lowest BCUT2D eigenvalue weighted by Gasteiger charge is -2.21. The van der Waals surface area contributed by atoms with Gasteiger partial charge in [-0.2, -0.15) is 0 Å². The highest BCUT2D eigenvalue weighted by Crippen LogP contribution is 2.32. The number of rotatable bonds is 7. The molecule has 3 aromatic rings. The van der Waals surface area contributed by atoms with Gasteiger partial charge in [-0.05, 0) is 76.3 Å². The molecule has 0 atom stereocenters. The van der Waals surface area contributed by atoms with E-state index in [4.69, 9.17) is 4.98 Å². The number of anilines is 1. The number of benzene rings is 2. The van der Waals surface area contributed by atoms with E-state index in [0.29, 0.717) is 17.2 Å². The summed E-state index contributed by atoms with van der Waals surface area (Å²) in [6, 6.07) is 10.4. The van der Waals surface area contributed by atoms with E-state index in [-0.39, 0.29) is 23.2 Å². The van der Waals surface area contributed by atoms with Crippen molar-refractivity contribution < 1.29 is 13.2 Å². The first kappa shape index (κ1) is 25.3. The molecule has 0 radical (unpaired) electrons. The summed E-state index contributed by atoms with van der Waals surface area (Å²) in [6.45, 7) is 5.39. The van der Waals surface area contributed by atoms with Crippen molar-refractivity contribution in [3.8, 4) is 0 Å². The third-order valence-electron chi connectivity index (χ3n) is 4.79. The first-order chi connectivity index (χ1) is 14.1. The van der Waals surface area contributed by atoms with Gasteiger partial charge in [0.1, 0.15) is 0 Å². The van der Waals surface area contributed by atoms with Crippen molar-refractivity contribution in [2.24, 2.45) is 0 Å². The molecule has 6 nitrogen and oxygen atoms in total. The minimum atomic E-state index is -3.40. The second-order valence-corrected chi connectivity index (χ2v) is 10.9. The van der Waals surface area contributed by atoms with Crippen LogP contribution in [0.25, 0.3) is 10.2 Å². The summed E-state index contributed by atoms with van der Waals surface area (Å²) in [5, 5.41) is 0.632. The van der Waals surface area contributed by atoms with Gasteiger partial charge in [0.05, 0.1) is 15.1 Å². The van der Waals surface area contributed by atoms with E-state index in [2.05, 4.69) is 17.0 Å². The molecule has 9 heteroatoms. The standard InChI is InChI=1S/C22H27N3O3S2.ClH/c1-15-12-16(2)20-19(13-15)29-22(23-20)25(11-7-10-24(3)4)21(26)17-8-6-9-18(14-17)30(5,27)28;/h6,8-9,12-14H,7,10-11H2,1-5H3;1H. The number of halogens is 1. The minimum Gasteiger partial charge on any atom is -0.309 e. The normalized spacial score (nSPS) is 11.5. The Bertz CT molecular complexity index is 1190. The maximum atomic E-state index is 13.4. The Morgan fingerprint density at radius 2 is 1.81 bits per heavy atom. The summed E-state index contributed by atoms with van der Waals surface area (Å²) in [6.07, 6.45) is 1.92. The van der Waals surface area contributed by atoms with Gasteiger partial charge in [-0.15, -0.1) is 12.4 Å². The molecule has 0 aliphatic heterocycles. The lowest BCUT2D eigenvalue weighted by molar-refractivity contribution is 0.0986. The van der Waals surface area contributed by atoms with E-state index in [1.807, 2.05) is 27.9 Å². The fraction of sp³-hybridized carbons (Fsp3) is 0.364. The number of aryl methyl sites for hydroxylation is 2. The second-order valence-electron chi connectivity index (χ2n) is 7.84. The van der Waals surface area contributed by atoms with Gasteiger partial charge in [-0.3, -0.25) is 9.69 Å². The Morgan fingerprint density at radius 3 is 2.45 bits per heavy atom. The highest BCUT2D eigenvalue weighted by Gasteiger charge is 2.23. The Balaban J connectivity index is 0.00000341. The number of sulfone groups is 1. The van der Waals surface area contributed by atoms with Crippen LogP contribution in [0.1, 0.15) is 27.9 Å². The zero-order valence-corrected chi connectivity index (χ0v) is 20.8. The van der Waals surface area contributed by atoms with Crippen LogP contribution in [-0.2, 0) is 9.84 Å². The molecular formula is C22H28ClN3O3S2. The fourth-order valence-electron chi connectivity index (χ4n) is 3.32. The molecule has 168 valence electrons. The van der Waals surface area contributed by atoms with Gasteiger partial charge < -0.3 is 4.90 Å². The first-order valence-electron chi connectivity index (χ1n) is 9.71. The molecule has 1 aromatic heterocycles. The molecule has 0 aliphatic rings. The van der Waals surface area contributed by atoms with E-state index >= 15 is 0 Å². The van der Waals surface area contributed by atoms with E-state index in [9.17, 15) is 13.2 Å². The predicted molar refractivity (Wildman–Crippen MR) is 131 cm³/mol. The third kappa shape index (κ3) is 6.04. The molecule has 0 aliphatic carbocycles. The van der Waals surface area contributed by atoms with Crippen LogP contribution in [0.4, 0.5) is 5.13 Å². The number of hydrogen-bond acceptors (Lipinski definition) is 6. The van der Waals surface area contributed by atoms with E-state index < -0.39 is 9.84 Å². The highest BCUT2D eigenvalue weighted by molar-refractivity contribution is 7.90. The van der Waals surface area contributed by atoms with Crippen molar-refractivity contribution in [3.05, 3.63) is 53.1 Å². The predicted octanol–water partition coefficient (Wildman–Crippen LogP) is 4.34. The summed E-state index contributed by atoms with van der Waals surface area (Å²) in [4.78, 5) is 22.0. The molecule has 31 heavy (non-hydrogen) atoms. The molecule has 0 bridgehead atoms. The van der Waals surface area contributed by atoms with Gasteiger partial charge in [0.2, 0.25) is 0 Å². The number of aromatic nitrogens is 1. The summed E-state index contributed by atoms with van der Waals surface area (Å²) in [5.74, 6) is -0.243. The van der Waals surface area contributed by atoms with Crippen molar-refractivity contribution in [1.29, 1.82) is 0 Å². The molecular weight excluding hydrogens is 454 g/mol. The molecule has 3 rings (SSSR count). The molecule has 1 amide bonds. The van der Waals surface area contributed by atoms with E-state index in [1.165, 1.54) is 23.5 Å². The maximum absolute atomic E-state index is 13.4. The Morgan fingerprint density at radius 1 is 1.10 bits per heavy atom. The number of amides is 1. The Labute approximate surface area is 194 Å². The van der Waals surface area contributed by atoms with Gasteiger partial charge >= 0.3 is 0 Å². The van der Waals surface area contributed by atoms with E-state index in [1.54, 1.807) is 17.0 Å². The first-order valence-corrected chi connectivity index (χ1v) is 12.4. The monoisotopic (exact) mass is 481 g/mol. The number of nitrogens with zero attached hydrogens (tertiary/aromatic N) is 3. The molecule has 0 fully saturated rings. The van der Waals surface area contributed by atoms with Crippen LogP contribution in [0, 0.1) is 13.8 Å². The third-order valence-corrected chi connectivity index (χ3v) is 6.93. The number of thiazole rings is 1. The fourth-order valence-corrected chi connectivity index (χ4v) is 5.15. The van der Waals surface area contributed by atoms with Crippen LogP contribution in [-0.4, -0.2) is 57.6 Å². The van der Waals surface area contributed by atoms with Crippen LogP contribution in [0.5, 0.6) is 0 Å². The van der Waals surface area contributed by atoms with Gasteiger partial charge in [0.15, 0.2) is 15.0 Å². The summed E-state index contributed by atoms with van der Waals surface area (Å²) < 4.78 is 24.9. The highest BCUT2D eigenvalue weighted by atomic mass is 35.5. The Kier molecular flexibility index (Phi) is 8.21. The average Bonchev–Trinajstić information content (AvgIpc) is 3.08. The largest absolute Gasteiger partial charge is 0.309 e. The number of carbonyl (C=O) groups is 1. The van der Waals surface area contributed by atoms with Crippen molar-refractivity contribution in [2.75, 3.05) is 38.3 Å². The van der Waals surface area contributed by atoms with Crippen molar-refractivity contribution in [1.82, 2.24) is 9.88 Å². The molecule has 0 saturated heterocycles. The van der Waals surface area contributed by atoms with Gasteiger partial charge in [0.25, 0.3) is 5.91 Å². The summed E-state index contributed by atoms with van der Waals surface area (Å²) >= 11 is 1.49. The number of fused-ring (bicyclic) bond motifs is 1. The van der Waals surface area contributed by atoms with Crippen molar-refractivity contribution >= 4 is 54.8 Å². The molecule has 0 spiro atoms. The van der Waals surface area contributed by atoms with Crippen molar-refractivity contribution in [2.45, 2.75) is 25.2 Å². The maximum Gasteiger partial charge on any atom is 0.260 e. The molecule has 0 unspecified atom stereocenters. The van der Waals surface area contributed by atoms with E-state index in [0.717, 1.165) is 40.6 Å². The average molecular weight is 482 g/mol. The summed E-state index contributed by atoms with van der Waals surface area (Å²) in [5.41, 5.74) is 3.47. The van der Waals surface area contributed by atoms with Crippen LogP contribution < -0.4 is 4.90 Å². The summed E-state index contributed by atoms with van der Waals surface area (Å²) in [7, 11) is 0.585. The Hall–Kier alpha value is -2.00. The molecule has 2 aromatic carbocycles. The lowest BCUT2D eigenvalue weighted by Crippen LogP contribution is -2.33. The van der Waals surface area contributed by atoms with Crippen LogP contribution in [0.3, 0.4) is 0 Å². The quantitative estimate of drug-likeness (QED) is 0.502. The van der Waals surface area contributed by atoms with Gasteiger partial charge in [-0.1, -0.05) is 23.5 Å². The zero-order chi connectivity index (χ0) is 22.1. The van der Waals surface area contributed by atoms with Gasteiger partial charge in [0, 0.05) is 18.4 Å². The zero-order valence-electron chi connectivity index (χ0n) is 18.4. The SMILES string of the molecule is Cc1cc(C)c2nc(N(CCCN(C)C)C(=O)c3cccc(S(C)(=O)=O)c3)sc2c1.Cl. The van der Waals surface area contributed by atoms with Gasteiger partial charge in [-0.25, -0.2) is 13.4 Å². The van der Waals surface area contributed by atoms with Crippen LogP contribution in [0.15, 0.2) is 41.3 Å². The number of carbonyl (C=O) groups excluding carboxylic acids is 1. The molecule has 1 heterocycles. The minimum absolute atomic E-state index is 0. The molecule has 0 saturated carbocycles. The smallest absolute Gasteiger partial charge is 0.260 e. The van der Waals surface area contributed by atoms with Crippen LogP contribution in [0.2, 0.25) is 0 Å². The lowest BCUT2D eigenvalue weighted by atomic mass is 10.1. The van der Waals surface area contributed by atoms with Crippen molar-refractivity contribution in [3.63, 3.8) is 0 Å². The second kappa shape index (κ2) is 10.1. The molecule has 0 N–H and O–H groups in total. The van der Waals surface area contributed by atoms with Crippen LogP contribution >= 0.6 is 23.7 Å². The number of hydrogen-bond donors (Lipinski definition) is 0. The topological polar surface area (TPSA) is 70.6 Å².